The van der Waals surface area contributed by atoms with Crippen LogP contribution in [0.25, 0.3) is 0 Å². The SMILES string of the molecule is COc1cccc(C(O)CC2CCCC(C)N2)c1. The van der Waals surface area contributed by atoms with Crippen LogP contribution in [-0.4, -0.2) is 24.3 Å². The summed E-state index contributed by atoms with van der Waals surface area (Å²) in [5, 5.41) is 13.8. The first-order valence-corrected chi connectivity index (χ1v) is 6.77. The van der Waals surface area contributed by atoms with Gasteiger partial charge in [-0.1, -0.05) is 18.6 Å². The molecular weight excluding hydrogens is 226 g/mol. The van der Waals surface area contributed by atoms with Crippen LogP contribution in [0.1, 0.15) is 44.3 Å². The van der Waals surface area contributed by atoms with Crippen LogP contribution in [0.5, 0.6) is 5.75 Å². The molecule has 0 saturated carbocycles. The lowest BCUT2D eigenvalue weighted by Gasteiger charge is -2.30. The molecule has 0 spiro atoms. The number of methoxy groups -OCH3 is 1. The first kappa shape index (κ1) is 13.4. The maximum absolute atomic E-state index is 10.3. The third-order valence-electron chi connectivity index (χ3n) is 3.70. The van der Waals surface area contributed by atoms with Gasteiger partial charge in [0.05, 0.1) is 13.2 Å². The van der Waals surface area contributed by atoms with Gasteiger partial charge in [0.1, 0.15) is 5.75 Å². The molecule has 1 aromatic rings. The van der Waals surface area contributed by atoms with E-state index >= 15 is 0 Å². The molecule has 18 heavy (non-hydrogen) atoms. The molecule has 1 aromatic carbocycles. The fourth-order valence-corrected chi connectivity index (χ4v) is 2.68. The van der Waals surface area contributed by atoms with Gasteiger partial charge in [0.15, 0.2) is 0 Å². The van der Waals surface area contributed by atoms with Crippen molar-refractivity contribution in [2.45, 2.75) is 50.8 Å². The normalized spacial score (nSPS) is 25.7. The predicted molar refractivity (Wildman–Crippen MR) is 72.8 cm³/mol. The van der Waals surface area contributed by atoms with E-state index in [1.807, 2.05) is 24.3 Å². The molecule has 0 aliphatic carbocycles. The zero-order chi connectivity index (χ0) is 13.0. The van der Waals surface area contributed by atoms with Gasteiger partial charge in [-0.25, -0.2) is 0 Å². The van der Waals surface area contributed by atoms with Crippen LogP contribution < -0.4 is 10.1 Å². The summed E-state index contributed by atoms with van der Waals surface area (Å²) < 4.78 is 5.19. The number of aliphatic hydroxyl groups is 1. The standard InChI is InChI=1S/C15H23NO2/c1-11-5-3-7-13(16-11)10-15(17)12-6-4-8-14(9-12)18-2/h4,6,8-9,11,13,15-17H,3,5,7,10H2,1-2H3. The van der Waals surface area contributed by atoms with Crippen molar-refractivity contribution in [3.05, 3.63) is 29.8 Å². The molecule has 2 N–H and O–H groups in total. The Balaban J connectivity index is 1.95. The highest BCUT2D eigenvalue weighted by atomic mass is 16.5. The van der Waals surface area contributed by atoms with Crippen molar-refractivity contribution < 1.29 is 9.84 Å². The topological polar surface area (TPSA) is 41.5 Å². The Morgan fingerprint density at radius 2 is 2.28 bits per heavy atom. The van der Waals surface area contributed by atoms with Crippen LogP contribution in [-0.2, 0) is 0 Å². The highest BCUT2D eigenvalue weighted by molar-refractivity contribution is 5.29. The number of nitrogens with one attached hydrogen (secondary N) is 1. The lowest BCUT2D eigenvalue weighted by molar-refractivity contribution is 0.139. The van der Waals surface area contributed by atoms with Gasteiger partial charge in [0.25, 0.3) is 0 Å². The van der Waals surface area contributed by atoms with Gasteiger partial charge < -0.3 is 15.2 Å². The largest absolute Gasteiger partial charge is 0.497 e. The highest BCUT2D eigenvalue weighted by Crippen LogP contribution is 2.25. The second-order valence-electron chi connectivity index (χ2n) is 5.22. The number of hydrogen-bond donors (Lipinski definition) is 2. The predicted octanol–water partition coefficient (Wildman–Crippen LogP) is 2.65. The summed E-state index contributed by atoms with van der Waals surface area (Å²) in [6.07, 6.45) is 4.01. The zero-order valence-electron chi connectivity index (χ0n) is 11.2. The van der Waals surface area contributed by atoms with Crippen molar-refractivity contribution in [2.75, 3.05) is 7.11 Å². The minimum absolute atomic E-state index is 0.414. The highest BCUT2D eigenvalue weighted by Gasteiger charge is 2.21. The van der Waals surface area contributed by atoms with Gasteiger partial charge in [-0.15, -0.1) is 0 Å². The van der Waals surface area contributed by atoms with E-state index < -0.39 is 6.10 Å². The molecule has 3 heteroatoms. The Hall–Kier alpha value is -1.06. The van der Waals surface area contributed by atoms with Gasteiger partial charge in [-0.3, -0.25) is 0 Å². The van der Waals surface area contributed by atoms with Crippen molar-refractivity contribution in [1.29, 1.82) is 0 Å². The van der Waals surface area contributed by atoms with Crippen LogP contribution >= 0.6 is 0 Å². The molecule has 1 heterocycles. The van der Waals surface area contributed by atoms with Gasteiger partial charge in [0, 0.05) is 12.1 Å². The Morgan fingerprint density at radius 3 is 3.00 bits per heavy atom. The zero-order valence-corrected chi connectivity index (χ0v) is 11.2. The molecule has 0 radical (unpaired) electrons. The first-order chi connectivity index (χ1) is 8.69. The molecule has 0 bridgehead atoms. The summed E-state index contributed by atoms with van der Waals surface area (Å²) in [7, 11) is 1.65. The molecule has 3 nitrogen and oxygen atoms in total. The minimum Gasteiger partial charge on any atom is -0.497 e. The summed E-state index contributed by atoms with van der Waals surface area (Å²) in [6, 6.07) is 8.69. The lowest BCUT2D eigenvalue weighted by atomic mass is 9.93. The summed E-state index contributed by atoms with van der Waals surface area (Å²) in [4.78, 5) is 0. The van der Waals surface area contributed by atoms with Crippen LogP contribution in [0.2, 0.25) is 0 Å². The number of piperidine rings is 1. The van der Waals surface area contributed by atoms with Crippen LogP contribution in [0, 0.1) is 0 Å². The van der Waals surface area contributed by atoms with Crippen molar-refractivity contribution >= 4 is 0 Å². The van der Waals surface area contributed by atoms with Crippen LogP contribution in [0.3, 0.4) is 0 Å². The van der Waals surface area contributed by atoms with Gasteiger partial charge in [-0.2, -0.15) is 0 Å². The second-order valence-corrected chi connectivity index (χ2v) is 5.22. The fraction of sp³-hybridized carbons (Fsp3) is 0.600. The summed E-state index contributed by atoms with van der Waals surface area (Å²) in [5.74, 6) is 0.802. The van der Waals surface area contributed by atoms with Crippen molar-refractivity contribution in [3.8, 4) is 5.75 Å². The number of benzene rings is 1. The molecule has 1 saturated heterocycles. The van der Waals surface area contributed by atoms with Gasteiger partial charge >= 0.3 is 0 Å². The summed E-state index contributed by atoms with van der Waals surface area (Å²) in [6.45, 7) is 2.21. The smallest absolute Gasteiger partial charge is 0.119 e. The van der Waals surface area contributed by atoms with Gasteiger partial charge in [0.2, 0.25) is 0 Å². The fourth-order valence-electron chi connectivity index (χ4n) is 2.68. The molecule has 1 aliphatic heterocycles. The molecule has 0 amide bonds. The Labute approximate surface area is 109 Å². The summed E-state index contributed by atoms with van der Waals surface area (Å²) in [5.41, 5.74) is 0.939. The maximum atomic E-state index is 10.3. The van der Waals surface area contributed by atoms with Crippen molar-refractivity contribution in [1.82, 2.24) is 5.32 Å². The monoisotopic (exact) mass is 249 g/mol. The average molecular weight is 249 g/mol. The van der Waals surface area contributed by atoms with Crippen molar-refractivity contribution in [2.24, 2.45) is 0 Å². The number of aliphatic hydroxyl groups excluding tert-OH is 1. The average Bonchev–Trinajstić information content (AvgIpc) is 2.39. The second kappa shape index (κ2) is 6.21. The Bertz CT molecular complexity index is 381. The lowest BCUT2D eigenvalue weighted by Crippen LogP contribution is -2.41. The number of hydrogen-bond acceptors (Lipinski definition) is 3. The van der Waals surface area contributed by atoms with E-state index in [-0.39, 0.29) is 0 Å². The Morgan fingerprint density at radius 1 is 1.44 bits per heavy atom. The van der Waals surface area contributed by atoms with Crippen molar-refractivity contribution in [3.63, 3.8) is 0 Å². The molecule has 3 atom stereocenters. The molecule has 1 aliphatic rings. The minimum atomic E-state index is -0.414. The molecular formula is C15H23NO2. The molecule has 3 unspecified atom stereocenters. The summed E-state index contributed by atoms with van der Waals surface area (Å²) >= 11 is 0. The quantitative estimate of drug-likeness (QED) is 0.862. The third-order valence-corrected chi connectivity index (χ3v) is 3.70. The number of rotatable bonds is 4. The van der Waals surface area contributed by atoms with E-state index in [2.05, 4.69) is 12.2 Å². The molecule has 100 valence electrons. The molecule has 2 rings (SSSR count). The van der Waals surface area contributed by atoms with E-state index in [4.69, 9.17) is 4.74 Å². The molecule has 0 aromatic heterocycles. The van der Waals surface area contributed by atoms with Crippen LogP contribution in [0.4, 0.5) is 0 Å². The van der Waals surface area contributed by atoms with Gasteiger partial charge in [-0.05, 0) is 43.9 Å². The van der Waals surface area contributed by atoms with Crippen LogP contribution in [0.15, 0.2) is 24.3 Å². The van der Waals surface area contributed by atoms with E-state index in [9.17, 15) is 5.11 Å². The number of ether oxygens (including phenoxy) is 1. The van der Waals surface area contributed by atoms with E-state index in [0.717, 1.165) is 24.2 Å². The third kappa shape index (κ3) is 3.47. The first-order valence-electron chi connectivity index (χ1n) is 6.77. The molecule has 1 fully saturated rings. The van der Waals surface area contributed by atoms with E-state index in [1.54, 1.807) is 7.11 Å². The maximum Gasteiger partial charge on any atom is 0.119 e. The van der Waals surface area contributed by atoms with E-state index in [1.165, 1.54) is 12.8 Å². The Kier molecular flexibility index (Phi) is 4.61. The van der Waals surface area contributed by atoms with E-state index in [0.29, 0.717) is 12.1 Å².